The van der Waals surface area contributed by atoms with Gasteiger partial charge in [0.15, 0.2) is 5.78 Å². The van der Waals surface area contributed by atoms with Crippen molar-refractivity contribution in [2.24, 2.45) is 0 Å². The molecule has 0 fully saturated rings. The summed E-state index contributed by atoms with van der Waals surface area (Å²) in [6, 6.07) is 8.16. The number of benzene rings is 1. The van der Waals surface area contributed by atoms with Crippen molar-refractivity contribution in [2.75, 3.05) is 7.11 Å². The van der Waals surface area contributed by atoms with Gasteiger partial charge in [-0.1, -0.05) is 6.07 Å². The van der Waals surface area contributed by atoms with Crippen LogP contribution in [0.4, 0.5) is 0 Å². The van der Waals surface area contributed by atoms with Crippen LogP contribution >= 0.6 is 0 Å². The molecule has 1 aromatic carbocycles. The molecule has 3 rings (SSSR count). The molecule has 104 valence electrons. The molecule has 1 aliphatic rings. The van der Waals surface area contributed by atoms with Gasteiger partial charge in [-0.2, -0.15) is 0 Å². The molecule has 0 N–H and O–H groups in total. The van der Waals surface area contributed by atoms with Gasteiger partial charge in [0.1, 0.15) is 5.75 Å². The van der Waals surface area contributed by atoms with Crippen molar-refractivity contribution in [1.29, 1.82) is 0 Å². The molecule has 1 aliphatic carbocycles. The number of aromatic nitrogens is 1. The van der Waals surface area contributed by atoms with E-state index >= 15 is 0 Å². The Balaban J connectivity index is 2.25. The monoisotopic (exact) mass is 269 g/mol. The van der Waals surface area contributed by atoms with Crippen molar-refractivity contribution in [1.82, 2.24) is 4.57 Å². The molecule has 0 atom stereocenters. The molecule has 0 unspecified atom stereocenters. The summed E-state index contributed by atoms with van der Waals surface area (Å²) in [5.74, 6) is 1.11. The largest absolute Gasteiger partial charge is 0.495 e. The van der Waals surface area contributed by atoms with E-state index in [0.717, 1.165) is 41.2 Å². The average Bonchev–Trinajstić information content (AvgIpc) is 2.76. The van der Waals surface area contributed by atoms with Gasteiger partial charge < -0.3 is 9.30 Å². The van der Waals surface area contributed by atoms with E-state index in [1.807, 2.05) is 25.1 Å². The highest BCUT2D eigenvalue weighted by Gasteiger charge is 2.24. The number of nitrogens with zero attached hydrogens (tertiary/aromatic N) is 1. The number of rotatable bonds is 2. The molecule has 3 nitrogen and oxygen atoms in total. The number of methoxy groups -OCH3 is 1. The molecule has 2 aromatic rings. The van der Waals surface area contributed by atoms with Crippen molar-refractivity contribution < 1.29 is 9.53 Å². The Bertz CT molecular complexity index is 683. The first-order valence-electron chi connectivity index (χ1n) is 7.01. The quantitative estimate of drug-likeness (QED) is 0.833. The Morgan fingerprint density at radius 2 is 1.95 bits per heavy atom. The number of hydrogen-bond donors (Lipinski definition) is 0. The summed E-state index contributed by atoms with van der Waals surface area (Å²) < 4.78 is 7.67. The van der Waals surface area contributed by atoms with Crippen LogP contribution in [0.3, 0.4) is 0 Å². The summed E-state index contributed by atoms with van der Waals surface area (Å²) in [7, 11) is 1.69. The van der Waals surface area contributed by atoms with Crippen molar-refractivity contribution >= 4 is 5.78 Å². The lowest BCUT2D eigenvalue weighted by atomic mass is 9.96. The van der Waals surface area contributed by atoms with Crippen molar-refractivity contribution in [3.8, 4) is 11.4 Å². The Morgan fingerprint density at radius 3 is 2.70 bits per heavy atom. The zero-order valence-corrected chi connectivity index (χ0v) is 12.2. The molecule has 0 amide bonds. The summed E-state index contributed by atoms with van der Waals surface area (Å²) in [5.41, 5.74) is 5.32. The topological polar surface area (TPSA) is 31.2 Å². The molecule has 3 heteroatoms. The molecular formula is C17H19NO2. The highest BCUT2D eigenvalue weighted by atomic mass is 16.5. The number of hydrogen-bond acceptors (Lipinski definition) is 2. The maximum Gasteiger partial charge on any atom is 0.164 e. The predicted molar refractivity (Wildman–Crippen MR) is 79.1 cm³/mol. The number of carbonyl (C=O) groups is 1. The fraction of sp³-hybridized carbons (Fsp3) is 0.353. The second-order valence-corrected chi connectivity index (χ2v) is 5.43. The zero-order chi connectivity index (χ0) is 14.3. The minimum absolute atomic E-state index is 0.264. The Labute approximate surface area is 119 Å². The van der Waals surface area contributed by atoms with Crippen LogP contribution in [0.1, 0.15) is 40.2 Å². The highest BCUT2D eigenvalue weighted by Crippen LogP contribution is 2.32. The summed E-state index contributed by atoms with van der Waals surface area (Å²) in [6.07, 6.45) is 2.55. The third kappa shape index (κ3) is 1.94. The highest BCUT2D eigenvalue weighted by molar-refractivity contribution is 5.98. The average molecular weight is 269 g/mol. The van der Waals surface area contributed by atoms with Crippen LogP contribution in [0, 0.1) is 13.8 Å². The van der Waals surface area contributed by atoms with Gasteiger partial charge in [0, 0.05) is 23.4 Å². The van der Waals surface area contributed by atoms with Crippen LogP contribution in [0.5, 0.6) is 5.75 Å². The summed E-state index contributed by atoms with van der Waals surface area (Å²) in [6.45, 7) is 4.12. The molecule has 0 saturated carbocycles. The first-order valence-corrected chi connectivity index (χ1v) is 7.01. The summed E-state index contributed by atoms with van der Waals surface area (Å²) in [5, 5.41) is 0. The smallest absolute Gasteiger partial charge is 0.164 e. The second kappa shape index (κ2) is 4.82. The molecule has 0 aliphatic heterocycles. The van der Waals surface area contributed by atoms with Gasteiger partial charge in [0.05, 0.1) is 12.8 Å². The molecule has 1 aromatic heterocycles. The molecule has 0 spiro atoms. The van der Waals surface area contributed by atoms with Gasteiger partial charge in [0.25, 0.3) is 0 Å². The van der Waals surface area contributed by atoms with Crippen molar-refractivity contribution in [3.05, 3.63) is 46.8 Å². The minimum Gasteiger partial charge on any atom is -0.495 e. The third-order valence-corrected chi connectivity index (χ3v) is 3.98. The number of carbonyl (C=O) groups excluding carboxylic acids is 1. The lowest BCUT2D eigenvalue weighted by Crippen LogP contribution is -2.13. The number of Topliss-reactive ketones (excluding diaryl/α,β-unsaturated/α-hetero) is 1. The van der Waals surface area contributed by atoms with Gasteiger partial charge in [-0.3, -0.25) is 4.79 Å². The molecule has 0 radical (unpaired) electrons. The predicted octanol–water partition coefficient (Wildman–Crippen LogP) is 3.62. The molecular weight excluding hydrogens is 250 g/mol. The van der Waals surface area contributed by atoms with Gasteiger partial charge in [-0.05, 0) is 50.5 Å². The first-order chi connectivity index (χ1) is 9.61. The lowest BCUT2D eigenvalue weighted by Gasteiger charge is -2.18. The van der Waals surface area contributed by atoms with E-state index in [9.17, 15) is 4.79 Å². The van der Waals surface area contributed by atoms with E-state index < -0.39 is 0 Å². The van der Waals surface area contributed by atoms with E-state index in [1.165, 1.54) is 5.56 Å². The third-order valence-electron chi connectivity index (χ3n) is 3.98. The standard InChI is InChI=1S/C17H19NO2/c1-11-7-8-17(20-3)15(9-11)18-12(2)10-13-14(18)5-4-6-16(13)19/h7-10H,4-6H2,1-3H3. The van der Waals surface area contributed by atoms with Crippen LogP contribution in [0.2, 0.25) is 0 Å². The van der Waals surface area contributed by atoms with Crippen LogP contribution in [0.25, 0.3) is 5.69 Å². The number of ether oxygens (including phenoxy) is 1. The maximum atomic E-state index is 12.1. The van der Waals surface area contributed by atoms with Crippen LogP contribution in [-0.4, -0.2) is 17.5 Å². The molecule has 0 bridgehead atoms. The molecule has 1 heterocycles. The molecule has 0 saturated heterocycles. The van der Waals surface area contributed by atoms with E-state index in [2.05, 4.69) is 17.6 Å². The minimum atomic E-state index is 0.264. The lowest BCUT2D eigenvalue weighted by molar-refractivity contribution is 0.0972. The van der Waals surface area contributed by atoms with Gasteiger partial charge in [-0.25, -0.2) is 0 Å². The fourth-order valence-electron chi connectivity index (χ4n) is 3.04. The van der Waals surface area contributed by atoms with Gasteiger partial charge in [0.2, 0.25) is 0 Å². The Kier molecular flexibility index (Phi) is 3.13. The zero-order valence-electron chi connectivity index (χ0n) is 12.2. The van der Waals surface area contributed by atoms with E-state index in [1.54, 1.807) is 7.11 Å². The number of aryl methyl sites for hydroxylation is 2. The fourth-order valence-corrected chi connectivity index (χ4v) is 3.04. The number of fused-ring (bicyclic) bond motifs is 1. The maximum absolute atomic E-state index is 12.1. The van der Waals surface area contributed by atoms with Crippen LogP contribution in [-0.2, 0) is 6.42 Å². The SMILES string of the molecule is COc1ccc(C)cc1-n1c(C)cc2c1CCCC2=O. The van der Waals surface area contributed by atoms with E-state index in [4.69, 9.17) is 4.74 Å². The van der Waals surface area contributed by atoms with Gasteiger partial charge in [-0.15, -0.1) is 0 Å². The Morgan fingerprint density at radius 1 is 1.15 bits per heavy atom. The van der Waals surface area contributed by atoms with Crippen molar-refractivity contribution in [2.45, 2.75) is 33.1 Å². The summed E-state index contributed by atoms with van der Waals surface area (Å²) >= 11 is 0. The second-order valence-electron chi connectivity index (χ2n) is 5.43. The Hall–Kier alpha value is -2.03. The first kappa shape index (κ1) is 13.0. The normalized spacial score (nSPS) is 14.2. The number of ketones is 1. The van der Waals surface area contributed by atoms with Crippen molar-refractivity contribution in [3.63, 3.8) is 0 Å². The van der Waals surface area contributed by atoms with Crippen LogP contribution in [0.15, 0.2) is 24.3 Å². The van der Waals surface area contributed by atoms with Gasteiger partial charge >= 0.3 is 0 Å². The summed E-state index contributed by atoms with van der Waals surface area (Å²) in [4.78, 5) is 12.1. The molecule has 20 heavy (non-hydrogen) atoms. The van der Waals surface area contributed by atoms with Crippen LogP contribution < -0.4 is 4.74 Å². The van der Waals surface area contributed by atoms with E-state index in [-0.39, 0.29) is 5.78 Å². The van der Waals surface area contributed by atoms with E-state index in [0.29, 0.717) is 6.42 Å².